The highest BCUT2D eigenvalue weighted by Crippen LogP contribution is 2.29. The van der Waals surface area contributed by atoms with Gasteiger partial charge in [0.2, 0.25) is 0 Å². The van der Waals surface area contributed by atoms with Gasteiger partial charge < -0.3 is 5.32 Å². The number of hydrogen-bond donors (Lipinski definition) is 1. The van der Waals surface area contributed by atoms with E-state index >= 15 is 0 Å². The van der Waals surface area contributed by atoms with Crippen molar-refractivity contribution in [2.45, 2.75) is 26.1 Å². The average molecular weight is 285 g/mol. The van der Waals surface area contributed by atoms with Gasteiger partial charge in [-0.1, -0.05) is 6.92 Å². The molecule has 0 atom stereocenters. The van der Waals surface area contributed by atoms with Crippen LogP contribution in [0.5, 0.6) is 0 Å². The topological polar surface area (TPSA) is 55.6 Å². The predicted molar refractivity (Wildman–Crippen MR) is 66.2 cm³/mol. The van der Waals surface area contributed by atoms with Crippen LogP contribution in [0, 0.1) is 0 Å². The third-order valence-corrected chi connectivity index (χ3v) is 2.68. The molecule has 0 aliphatic carbocycles. The number of halogens is 3. The molecule has 0 spiro atoms. The Bertz CT molecular complexity index is 547. The largest absolute Gasteiger partial charge is 0.416 e. The van der Waals surface area contributed by atoms with Crippen molar-refractivity contribution in [1.29, 1.82) is 0 Å². The molecule has 1 heterocycles. The lowest BCUT2D eigenvalue weighted by molar-refractivity contribution is -0.137. The molecule has 0 saturated heterocycles. The smallest absolute Gasteiger partial charge is 0.310 e. The van der Waals surface area contributed by atoms with Gasteiger partial charge in [0.1, 0.15) is 0 Å². The summed E-state index contributed by atoms with van der Waals surface area (Å²) in [6, 6.07) is 4.73. The van der Waals surface area contributed by atoms with Gasteiger partial charge in [-0.15, -0.1) is 5.10 Å². The Morgan fingerprint density at radius 2 is 1.90 bits per heavy atom. The number of tetrazole rings is 1. The molecule has 5 nitrogen and oxygen atoms in total. The molecule has 2 rings (SSSR count). The zero-order valence-electron chi connectivity index (χ0n) is 10.9. The Balaban J connectivity index is 2.18. The van der Waals surface area contributed by atoms with Gasteiger partial charge in [0, 0.05) is 0 Å². The van der Waals surface area contributed by atoms with Crippen LogP contribution in [0.25, 0.3) is 5.69 Å². The molecule has 2 aromatic rings. The second-order valence-corrected chi connectivity index (χ2v) is 4.23. The number of hydrogen-bond acceptors (Lipinski definition) is 4. The van der Waals surface area contributed by atoms with Crippen molar-refractivity contribution < 1.29 is 13.2 Å². The molecule has 0 bridgehead atoms. The lowest BCUT2D eigenvalue weighted by Crippen LogP contribution is -2.17. The summed E-state index contributed by atoms with van der Waals surface area (Å²) in [5.74, 6) is 0.554. The molecule has 108 valence electrons. The summed E-state index contributed by atoms with van der Waals surface area (Å²) in [4.78, 5) is 0. The van der Waals surface area contributed by atoms with Crippen LogP contribution in [0.15, 0.2) is 24.3 Å². The van der Waals surface area contributed by atoms with E-state index in [0.717, 1.165) is 25.1 Å². The van der Waals surface area contributed by atoms with Crippen LogP contribution in [-0.4, -0.2) is 26.8 Å². The lowest BCUT2D eigenvalue weighted by atomic mass is 10.2. The first-order valence-corrected chi connectivity index (χ1v) is 6.18. The van der Waals surface area contributed by atoms with E-state index in [2.05, 4.69) is 20.8 Å². The van der Waals surface area contributed by atoms with Gasteiger partial charge >= 0.3 is 6.18 Å². The van der Waals surface area contributed by atoms with E-state index in [1.54, 1.807) is 0 Å². The minimum Gasteiger partial charge on any atom is -0.310 e. The predicted octanol–water partition coefficient (Wildman–Crippen LogP) is 2.18. The van der Waals surface area contributed by atoms with Gasteiger partial charge in [0.15, 0.2) is 5.82 Å². The van der Waals surface area contributed by atoms with E-state index in [9.17, 15) is 13.2 Å². The van der Waals surface area contributed by atoms with Gasteiger partial charge in [0.25, 0.3) is 0 Å². The lowest BCUT2D eigenvalue weighted by Gasteiger charge is -2.08. The first kappa shape index (κ1) is 14.4. The Hall–Kier alpha value is -1.96. The van der Waals surface area contributed by atoms with Crippen LogP contribution in [-0.2, 0) is 12.7 Å². The summed E-state index contributed by atoms with van der Waals surface area (Å²) in [5, 5.41) is 14.3. The van der Waals surface area contributed by atoms with Crippen LogP contribution >= 0.6 is 0 Å². The standard InChI is InChI=1S/C12H14F3N5/c1-2-7-16-8-11-17-18-19-20(11)10-5-3-9(4-6-10)12(13,14)15/h3-6,16H,2,7-8H2,1H3. The van der Waals surface area contributed by atoms with E-state index < -0.39 is 11.7 Å². The van der Waals surface area contributed by atoms with E-state index in [4.69, 9.17) is 0 Å². The number of nitrogens with zero attached hydrogens (tertiary/aromatic N) is 4. The highest BCUT2D eigenvalue weighted by Gasteiger charge is 2.30. The van der Waals surface area contributed by atoms with Crippen molar-refractivity contribution in [1.82, 2.24) is 25.5 Å². The Kier molecular flexibility index (Phi) is 4.33. The van der Waals surface area contributed by atoms with Crippen molar-refractivity contribution >= 4 is 0 Å². The van der Waals surface area contributed by atoms with E-state index in [0.29, 0.717) is 18.1 Å². The quantitative estimate of drug-likeness (QED) is 0.856. The van der Waals surface area contributed by atoms with Gasteiger partial charge in [-0.25, -0.2) is 0 Å². The third kappa shape index (κ3) is 3.32. The number of aromatic nitrogens is 4. The Labute approximate surface area is 113 Å². The summed E-state index contributed by atoms with van der Waals surface area (Å²) >= 11 is 0. The maximum absolute atomic E-state index is 12.5. The van der Waals surface area contributed by atoms with Gasteiger partial charge in [-0.2, -0.15) is 17.9 Å². The molecule has 0 unspecified atom stereocenters. The highest BCUT2D eigenvalue weighted by molar-refractivity contribution is 5.35. The Morgan fingerprint density at radius 3 is 2.50 bits per heavy atom. The zero-order valence-corrected chi connectivity index (χ0v) is 10.9. The van der Waals surface area contributed by atoms with E-state index in [1.807, 2.05) is 6.92 Å². The van der Waals surface area contributed by atoms with Gasteiger partial charge in [0.05, 0.1) is 17.8 Å². The van der Waals surface area contributed by atoms with E-state index in [-0.39, 0.29) is 0 Å². The Morgan fingerprint density at radius 1 is 1.20 bits per heavy atom. The first-order chi connectivity index (χ1) is 9.52. The second-order valence-electron chi connectivity index (χ2n) is 4.23. The fraction of sp³-hybridized carbons (Fsp3) is 0.417. The van der Waals surface area contributed by atoms with E-state index in [1.165, 1.54) is 16.8 Å². The van der Waals surface area contributed by atoms with Crippen LogP contribution < -0.4 is 5.32 Å². The third-order valence-electron chi connectivity index (χ3n) is 2.68. The molecule has 0 aliphatic rings. The normalized spacial score (nSPS) is 11.8. The first-order valence-electron chi connectivity index (χ1n) is 6.18. The minimum atomic E-state index is -4.34. The number of rotatable bonds is 5. The van der Waals surface area contributed by atoms with Crippen LogP contribution in [0.2, 0.25) is 0 Å². The summed E-state index contributed by atoms with van der Waals surface area (Å²) in [5.41, 5.74) is -0.198. The van der Waals surface area contributed by atoms with Crippen LogP contribution in [0.4, 0.5) is 13.2 Å². The molecule has 0 fully saturated rings. The van der Waals surface area contributed by atoms with Crippen LogP contribution in [0.3, 0.4) is 0 Å². The van der Waals surface area contributed by atoms with Crippen molar-refractivity contribution in [3.63, 3.8) is 0 Å². The maximum Gasteiger partial charge on any atom is 0.416 e. The molecule has 0 radical (unpaired) electrons. The fourth-order valence-electron chi connectivity index (χ4n) is 1.69. The monoisotopic (exact) mass is 285 g/mol. The molecule has 1 aromatic heterocycles. The second kappa shape index (κ2) is 6.00. The molecule has 20 heavy (non-hydrogen) atoms. The fourth-order valence-corrected chi connectivity index (χ4v) is 1.69. The molecule has 0 aliphatic heterocycles. The number of nitrogens with one attached hydrogen (secondary N) is 1. The van der Waals surface area contributed by atoms with Gasteiger partial charge in [-0.05, 0) is 47.7 Å². The summed E-state index contributed by atoms with van der Waals surface area (Å²) in [6.07, 6.45) is -3.37. The molecule has 0 amide bonds. The molecular weight excluding hydrogens is 271 g/mol. The van der Waals surface area contributed by atoms with Gasteiger partial charge in [-0.3, -0.25) is 0 Å². The minimum absolute atomic E-state index is 0.460. The van der Waals surface area contributed by atoms with Crippen molar-refractivity contribution in [3.8, 4) is 5.69 Å². The van der Waals surface area contributed by atoms with Crippen molar-refractivity contribution in [3.05, 3.63) is 35.7 Å². The zero-order chi connectivity index (χ0) is 14.6. The maximum atomic E-state index is 12.5. The molecule has 1 N–H and O–H groups in total. The number of alkyl halides is 3. The molecule has 8 heteroatoms. The van der Waals surface area contributed by atoms with Crippen molar-refractivity contribution in [2.75, 3.05) is 6.54 Å². The summed E-state index contributed by atoms with van der Waals surface area (Å²) in [6.45, 7) is 3.31. The SMILES string of the molecule is CCCNCc1nnnn1-c1ccc(C(F)(F)F)cc1. The van der Waals surface area contributed by atoms with Crippen LogP contribution in [0.1, 0.15) is 24.7 Å². The number of benzene rings is 1. The summed E-state index contributed by atoms with van der Waals surface area (Å²) < 4.78 is 38.9. The molecular formula is C12H14F3N5. The molecule has 1 aromatic carbocycles. The molecule has 0 saturated carbocycles. The summed E-state index contributed by atoms with van der Waals surface area (Å²) in [7, 11) is 0. The average Bonchev–Trinajstić information content (AvgIpc) is 2.87. The van der Waals surface area contributed by atoms with Crippen molar-refractivity contribution in [2.24, 2.45) is 0 Å². The highest BCUT2D eigenvalue weighted by atomic mass is 19.4.